The summed E-state index contributed by atoms with van der Waals surface area (Å²) in [4.78, 5) is 25.7. The number of anilines is 1. The molecule has 5 rings (SSSR count). The molecule has 3 heterocycles. The largest absolute Gasteiger partial charge is 0.479 e. The Bertz CT molecular complexity index is 974. The van der Waals surface area contributed by atoms with Crippen molar-refractivity contribution in [2.24, 2.45) is 5.92 Å². The first-order chi connectivity index (χ1) is 12.5. The first-order valence-corrected chi connectivity index (χ1v) is 8.09. The van der Waals surface area contributed by atoms with E-state index in [0.717, 1.165) is 0 Å². The normalized spacial score (nSPS) is 26.9. The van der Waals surface area contributed by atoms with E-state index in [4.69, 9.17) is 14.0 Å². The number of carbonyl (C=O) groups is 2. The number of ether oxygens (including phenoxy) is 2. The number of halogens is 2. The molecule has 0 fully saturated rings. The summed E-state index contributed by atoms with van der Waals surface area (Å²) < 4.78 is 44.6. The van der Waals surface area contributed by atoms with E-state index in [2.05, 4.69) is 5.16 Å². The van der Waals surface area contributed by atoms with Crippen LogP contribution in [0.25, 0.3) is 0 Å². The van der Waals surface area contributed by atoms with Gasteiger partial charge in [-0.05, 0) is 24.1 Å². The lowest BCUT2D eigenvalue weighted by Crippen LogP contribution is -2.52. The minimum Gasteiger partial charge on any atom is -0.479 e. The third kappa shape index (κ3) is 1.77. The van der Waals surface area contributed by atoms with Crippen LogP contribution in [-0.4, -0.2) is 29.9 Å². The van der Waals surface area contributed by atoms with Crippen LogP contribution in [0.2, 0.25) is 0 Å². The second kappa shape index (κ2) is 5.03. The predicted molar refractivity (Wildman–Crippen MR) is 81.2 cm³/mol. The lowest BCUT2D eigenvalue weighted by molar-refractivity contribution is -0.137. The molecule has 0 saturated carbocycles. The monoisotopic (exact) mass is 362 g/mol. The van der Waals surface area contributed by atoms with Crippen molar-refractivity contribution in [2.75, 3.05) is 12.0 Å². The molecule has 0 aromatic carbocycles. The molecule has 4 aliphatic rings. The number of aromatic nitrogens is 1. The van der Waals surface area contributed by atoms with Crippen molar-refractivity contribution in [1.29, 1.82) is 0 Å². The summed E-state index contributed by atoms with van der Waals surface area (Å²) in [6.07, 6.45) is 1.75. The Morgan fingerprint density at radius 3 is 2.88 bits per heavy atom. The minimum absolute atomic E-state index is 0.0151. The maximum Gasteiger partial charge on any atom is 0.265 e. The summed E-state index contributed by atoms with van der Waals surface area (Å²) >= 11 is 0. The van der Waals surface area contributed by atoms with Crippen molar-refractivity contribution < 1.29 is 32.4 Å². The van der Waals surface area contributed by atoms with Gasteiger partial charge in [-0.2, -0.15) is 4.39 Å². The van der Waals surface area contributed by atoms with Crippen molar-refractivity contribution in [3.63, 3.8) is 0 Å². The number of allylic oxidation sites excluding steroid dienone is 4. The Kier molecular flexibility index (Phi) is 2.96. The lowest BCUT2D eigenvalue weighted by atomic mass is 9.81. The molecule has 2 aliphatic heterocycles. The summed E-state index contributed by atoms with van der Waals surface area (Å²) in [5.74, 6) is -4.24. The molecule has 0 radical (unpaired) electrons. The highest BCUT2D eigenvalue weighted by molar-refractivity contribution is 6.44. The van der Waals surface area contributed by atoms with E-state index in [1.807, 2.05) is 0 Å². The number of ketones is 2. The van der Waals surface area contributed by atoms with Crippen LogP contribution in [0.5, 0.6) is 5.88 Å². The number of rotatable bonds is 1. The molecule has 0 amide bonds. The molecule has 1 aromatic heterocycles. The Morgan fingerprint density at radius 1 is 1.31 bits per heavy atom. The summed E-state index contributed by atoms with van der Waals surface area (Å²) in [6, 6.07) is -0.709. The van der Waals surface area contributed by atoms with Gasteiger partial charge in [0.25, 0.3) is 11.7 Å². The smallest absolute Gasteiger partial charge is 0.265 e. The van der Waals surface area contributed by atoms with Crippen molar-refractivity contribution in [1.82, 2.24) is 5.16 Å². The number of nitrogens with zero attached hydrogens (tertiary/aromatic N) is 2. The zero-order valence-corrected chi connectivity index (χ0v) is 13.5. The molecule has 2 aliphatic carbocycles. The number of fused-ring (bicyclic) bond motifs is 3. The second-order valence-electron chi connectivity index (χ2n) is 6.48. The maximum absolute atomic E-state index is 14.4. The molecular formula is C17H12F2N2O5. The highest BCUT2D eigenvalue weighted by Gasteiger charge is 2.52. The van der Waals surface area contributed by atoms with Gasteiger partial charge in [-0.3, -0.25) is 14.5 Å². The summed E-state index contributed by atoms with van der Waals surface area (Å²) in [6.45, 7) is 0. The number of methoxy groups -OCH3 is 1. The molecule has 134 valence electrons. The Morgan fingerprint density at radius 2 is 2.12 bits per heavy atom. The predicted octanol–water partition coefficient (Wildman–Crippen LogP) is 2.25. The number of Topliss-reactive ketones (excluding diaryl/α,β-unsaturated/α-hetero) is 2. The van der Waals surface area contributed by atoms with E-state index < -0.39 is 35.2 Å². The van der Waals surface area contributed by atoms with Crippen LogP contribution in [0, 0.1) is 5.92 Å². The lowest BCUT2D eigenvalue weighted by Gasteiger charge is -2.46. The molecule has 0 spiro atoms. The van der Waals surface area contributed by atoms with Crippen LogP contribution in [-0.2, 0) is 20.7 Å². The van der Waals surface area contributed by atoms with Crippen molar-refractivity contribution in [3.8, 4) is 5.88 Å². The first-order valence-electron chi connectivity index (χ1n) is 8.09. The zero-order valence-electron chi connectivity index (χ0n) is 13.5. The minimum atomic E-state index is -1.18. The topological polar surface area (TPSA) is 81.9 Å². The van der Waals surface area contributed by atoms with Gasteiger partial charge in [-0.25, -0.2) is 4.39 Å². The third-order valence-corrected chi connectivity index (χ3v) is 5.14. The molecule has 7 nitrogen and oxygen atoms in total. The fraction of sp³-hybridized carbons (Fsp3) is 0.353. The second-order valence-corrected chi connectivity index (χ2v) is 6.48. The van der Waals surface area contributed by atoms with Crippen LogP contribution in [0.3, 0.4) is 0 Å². The highest BCUT2D eigenvalue weighted by atomic mass is 19.2. The molecule has 2 unspecified atom stereocenters. The van der Waals surface area contributed by atoms with Crippen LogP contribution in [0.4, 0.5) is 14.7 Å². The van der Waals surface area contributed by atoms with Crippen LogP contribution >= 0.6 is 0 Å². The molecule has 0 N–H and O–H groups in total. The number of hydrogen-bond donors (Lipinski definition) is 0. The SMILES string of the molecule is COc1noc2c1CC1C=C(F)C(F)=C3OC4=C(CCC(=O)C4=O)N2C31. The summed E-state index contributed by atoms with van der Waals surface area (Å²) in [7, 11) is 1.43. The third-order valence-electron chi connectivity index (χ3n) is 5.14. The van der Waals surface area contributed by atoms with E-state index in [0.29, 0.717) is 23.6 Å². The number of hydrogen-bond acceptors (Lipinski definition) is 7. The number of carbonyl (C=O) groups excluding carboxylic acids is 2. The molecule has 0 bridgehead atoms. The molecule has 9 heteroatoms. The molecule has 0 saturated heterocycles. The van der Waals surface area contributed by atoms with Gasteiger partial charge >= 0.3 is 0 Å². The molecular weight excluding hydrogens is 350 g/mol. The van der Waals surface area contributed by atoms with Gasteiger partial charge in [0.15, 0.2) is 23.2 Å². The quantitative estimate of drug-likeness (QED) is 0.709. The van der Waals surface area contributed by atoms with E-state index in [1.165, 1.54) is 13.2 Å². The van der Waals surface area contributed by atoms with Crippen molar-refractivity contribution >= 4 is 17.5 Å². The average molecular weight is 362 g/mol. The Balaban J connectivity index is 1.78. The van der Waals surface area contributed by atoms with Gasteiger partial charge < -0.3 is 14.0 Å². The first kappa shape index (κ1) is 15.3. The van der Waals surface area contributed by atoms with E-state index in [1.54, 1.807) is 4.90 Å². The molecule has 26 heavy (non-hydrogen) atoms. The Labute approximate surface area is 145 Å². The van der Waals surface area contributed by atoms with Gasteiger partial charge in [0, 0.05) is 12.3 Å². The molecule has 2 atom stereocenters. The summed E-state index contributed by atoms with van der Waals surface area (Å²) in [5, 5.41) is 3.85. The van der Waals surface area contributed by atoms with Gasteiger partial charge in [-0.1, -0.05) is 0 Å². The highest BCUT2D eigenvalue weighted by Crippen LogP contribution is 2.51. The van der Waals surface area contributed by atoms with E-state index in [-0.39, 0.29) is 30.2 Å². The van der Waals surface area contributed by atoms with Gasteiger partial charge in [0.2, 0.25) is 11.7 Å². The van der Waals surface area contributed by atoms with Crippen LogP contribution < -0.4 is 9.64 Å². The van der Waals surface area contributed by atoms with E-state index >= 15 is 0 Å². The standard InChI is InChI=1S/C17H12F2N2O5/c1-24-16-7-4-6-5-8(18)11(19)15-12(6)21(17(7)26-20-16)9-2-3-10(22)13(23)14(9)25-15/h5-6,12H,2-4H2,1H3. The average Bonchev–Trinajstić information content (AvgIpc) is 3.05. The fourth-order valence-electron chi connectivity index (χ4n) is 4.00. The summed E-state index contributed by atoms with van der Waals surface area (Å²) in [5.41, 5.74) is 1.01. The van der Waals surface area contributed by atoms with E-state index in [9.17, 15) is 18.4 Å². The van der Waals surface area contributed by atoms with Crippen LogP contribution in [0.15, 0.2) is 39.5 Å². The van der Waals surface area contributed by atoms with Crippen LogP contribution in [0.1, 0.15) is 18.4 Å². The molecule has 1 aromatic rings. The zero-order chi connectivity index (χ0) is 18.2. The Hall–Kier alpha value is -2.97. The van der Waals surface area contributed by atoms with Crippen molar-refractivity contribution in [2.45, 2.75) is 25.3 Å². The fourth-order valence-corrected chi connectivity index (χ4v) is 4.00. The maximum atomic E-state index is 14.4. The van der Waals surface area contributed by atoms with Crippen molar-refractivity contribution in [3.05, 3.63) is 40.5 Å². The van der Waals surface area contributed by atoms with Gasteiger partial charge in [-0.15, -0.1) is 0 Å². The van der Waals surface area contributed by atoms with Gasteiger partial charge in [0.1, 0.15) is 6.04 Å². The van der Waals surface area contributed by atoms with Gasteiger partial charge in [0.05, 0.1) is 18.4 Å².